The summed E-state index contributed by atoms with van der Waals surface area (Å²) in [5.41, 5.74) is 0.0496. The second-order valence-electron chi connectivity index (χ2n) is 18.1. The van der Waals surface area contributed by atoms with Gasteiger partial charge in [0.25, 0.3) is 0 Å². The van der Waals surface area contributed by atoms with Gasteiger partial charge in [0.15, 0.2) is 0 Å². The van der Waals surface area contributed by atoms with Gasteiger partial charge < -0.3 is 20.1 Å². The van der Waals surface area contributed by atoms with Crippen molar-refractivity contribution in [1.82, 2.24) is 0 Å². The van der Waals surface area contributed by atoms with Crippen molar-refractivity contribution in [2.75, 3.05) is 0 Å². The standard InChI is InChI=1S/C36H64O4/c1-20-11-13-25(27-14-12-24(40-27)15-16-33(5,6)7)26-18-34(8)19-35(9)17-21(2)28(23(4)37)32(39)36(35,10)22(3)30(34)31(38)29(20)26/h20-32,37-39H,11-19H2,1-10H3. The monoisotopic (exact) mass is 560 g/mol. The van der Waals surface area contributed by atoms with Crippen molar-refractivity contribution in [3.63, 3.8) is 0 Å². The molecule has 1 aliphatic heterocycles. The van der Waals surface area contributed by atoms with Crippen molar-refractivity contribution in [3.8, 4) is 0 Å². The molecule has 0 aromatic heterocycles. The van der Waals surface area contributed by atoms with E-state index in [1.807, 2.05) is 6.92 Å². The molecule has 4 aliphatic carbocycles. The molecular formula is C36H64O4. The van der Waals surface area contributed by atoms with E-state index in [9.17, 15) is 15.3 Å². The summed E-state index contributed by atoms with van der Waals surface area (Å²) in [7, 11) is 0. The quantitative estimate of drug-likeness (QED) is 0.333. The van der Waals surface area contributed by atoms with E-state index in [4.69, 9.17) is 4.74 Å². The lowest BCUT2D eigenvalue weighted by molar-refractivity contribution is -0.280. The Labute approximate surface area is 246 Å². The summed E-state index contributed by atoms with van der Waals surface area (Å²) in [5.74, 6) is 2.44. The molecule has 4 saturated carbocycles. The molecule has 0 amide bonds. The highest BCUT2D eigenvalue weighted by Crippen LogP contribution is 2.73. The molecule has 1 heterocycles. The van der Waals surface area contributed by atoms with E-state index in [1.165, 1.54) is 44.9 Å². The Morgan fingerprint density at radius 2 is 1.57 bits per heavy atom. The van der Waals surface area contributed by atoms with Crippen molar-refractivity contribution < 1.29 is 20.1 Å². The summed E-state index contributed by atoms with van der Waals surface area (Å²) >= 11 is 0. The molecule has 0 spiro atoms. The highest BCUT2D eigenvalue weighted by Gasteiger charge is 2.70. The molecule has 5 rings (SSSR count). The number of fused-ring (bicyclic) bond motifs is 3. The second kappa shape index (κ2) is 10.5. The third kappa shape index (κ3) is 4.86. The first-order chi connectivity index (χ1) is 18.4. The Bertz CT molecular complexity index is 911. The van der Waals surface area contributed by atoms with Crippen LogP contribution in [-0.2, 0) is 4.74 Å². The van der Waals surface area contributed by atoms with E-state index in [0.717, 1.165) is 12.8 Å². The molecular weight excluding hydrogens is 496 g/mol. The highest BCUT2D eigenvalue weighted by molar-refractivity contribution is 5.18. The predicted molar refractivity (Wildman–Crippen MR) is 163 cm³/mol. The first-order valence-electron chi connectivity index (χ1n) is 17.1. The molecule has 40 heavy (non-hydrogen) atoms. The van der Waals surface area contributed by atoms with Crippen molar-refractivity contribution in [1.29, 1.82) is 0 Å². The summed E-state index contributed by atoms with van der Waals surface area (Å²) in [6.07, 6.45) is 9.79. The maximum atomic E-state index is 12.4. The minimum atomic E-state index is -0.556. The van der Waals surface area contributed by atoms with E-state index < -0.39 is 12.2 Å². The number of hydrogen-bond donors (Lipinski definition) is 3. The molecule has 0 aromatic carbocycles. The number of ether oxygens (including phenoxy) is 1. The molecule has 232 valence electrons. The van der Waals surface area contributed by atoms with Crippen LogP contribution in [0.2, 0.25) is 0 Å². The van der Waals surface area contributed by atoms with Crippen molar-refractivity contribution in [2.45, 2.75) is 158 Å². The minimum Gasteiger partial charge on any atom is -0.393 e. The maximum absolute atomic E-state index is 12.4. The van der Waals surface area contributed by atoms with Crippen LogP contribution < -0.4 is 0 Å². The first-order valence-corrected chi connectivity index (χ1v) is 17.1. The average Bonchev–Trinajstić information content (AvgIpc) is 3.28. The topological polar surface area (TPSA) is 69.9 Å². The molecule has 4 heteroatoms. The number of rotatable bonds is 4. The molecule has 1 saturated heterocycles. The Balaban J connectivity index is 1.43. The van der Waals surface area contributed by atoms with E-state index >= 15 is 0 Å². The minimum absolute atomic E-state index is 0.0217. The maximum Gasteiger partial charge on any atom is 0.0656 e. The summed E-state index contributed by atoms with van der Waals surface area (Å²) in [4.78, 5) is 0. The van der Waals surface area contributed by atoms with Gasteiger partial charge in [-0.2, -0.15) is 0 Å². The smallest absolute Gasteiger partial charge is 0.0656 e. The van der Waals surface area contributed by atoms with Crippen LogP contribution in [0.5, 0.6) is 0 Å². The lowest BCUT2D eigenvalue weighted by Crippen LogP contribution is -2.70. The van der Waals surface area contributed by atoms with Crippen LogP contribution >= 0.6 is 0 Å². The van der Waals surface area contributed by atoms with Crippen LogP contribution in [0, 0.1) is 69.0 Å². The van der Waals surface area contributed by atoms with Crippen molar-refractivity contribution >= 4 is 0 Å². The van der Waals surface area contributed by atoms with Crippen molar-refractivity contribution in [2.24, 2.45) is 69.0 Å². The first kappa shape index (κ1) is 31.3. The van der Waals surface area contributed by atoms with Gasteiger partial charge in [-0.25, -0.2) is 0 Å². The SMILES string of the molecule is CC(O)C1C(C)CC2(C)CC3(C)CC4C(C5CCC(CCC(C)(C)C)O5)CCC(C)C4C(O)C3C(C)C2(C)C1O. The van der Waals surface area contributed by atoms with Gasteiger partial charge in [0.2, 0.25) is 0 Å². The largest absolute Gasteiger partial charge is 0.393 e. The molecule has 0 radical (unpaired) electrons. The van der Waals surface area contributed by atoms with Gasteiger partial charge in [-0.3, -0.25) is 0 Å². The van der Waals surface area contributed by atoms with E-state index in [2.05, 4.69) is 62.3 Å². The molecule has 4 nitrogen and oxygen atoms in total. The Hall–Kier alpha value is -0.160. The lowest BCUT2D eigenvalue weighted by Gasteiger charge is -2.72. The fraction of sp³-hybridized carbons (Fsp3) is 1.00. The van der Waals surface area contributed by atoms with Gasteiger partial charge in [0, 0.05) is 11.3 Å². The summed E-state index contributed by atoms with van der Waals surface area (Å²) < 4.78 is 6.85. The van der Waals surface area contributed by atoms with Crippen LogP contribution in [0.1, 0.15) is 127 Å². The molecule has 16 atom stereocenters. The van der Waals surface area contributed by atoms with Crippen LogP contribution in [0.4, 0.5) is 0 Å². The van der Waals surface area contributed by atoms with Crippen LogP contribution in [0.25, 0.3) is 0 Å². The Morgan fingerprint density at radius 1 is 0.900 bits per heavy atom. The van der Waals surface area contributed by atoms with Gasteiger partial charge in [-0.05, 0) is 122 Å². The molecule has 16 unspecified atom stereocenters. The summed E-state index contributed by atoms with van der Waals surface area (Å²) in [6.45, 7) is 23.1. The van der Waals surface area contributed by atoms with Gasteiger partial charge in [-0.1, -0.05) is 62.3 Å². The van der Waals surface area contributed by atoms with Crippen LogP contribution in [0.15, 0.2) is 0 Å². The van der Waals surface area contributed by atoms with Crippen LogP contribution in [0.3, 0.4) is 0 Å². The van der Waals surface area contributed by atoms with Crippen LogP contribution in [-0.4, -0.2) is 45.8 Å². The predicted octanol–water partition coefficient (Wildman–Crippen LogP) is 7.48. The van der Waals surface area contributed by atoms with E-state index in [1.54, 1.807) is 0 Å². The zero-order chi connectivity index (χ0) is 29.6. The lowest BCUT2D eigenvalue weighted by atomic mass is 9.34. The molecule has 5 aliphatic rings. The second-order valence-corrected chi connectivity index (χ2v) is 18.1. The van der Waals surface area contributed by atoms with Gasteiger partial charge in [0.1, 0.15) is 0 Å². The van der Waals surface area contributed by atoms with Crippen molar-refractivity contribution in [3.05, 3.63) is 0 Å². The third-order valence-corrected chi connectivity index (χ3v) is 14.3. The molecule has 5 fully saturated rings. The molecule has 3 N–H and O–H groups in total. The molecule has 0 bridgehead atoms. The number of aliphatic hydroxyl groups excluding tert-OH is 3. The number of hydrogen-bond acceptors (Lipinski definition) is 4. The highest BCUT2D eigenvalue weighted by atomic mass is 16.5. The summed E-state index contributed by atoms with van der Waals surface area (Å²) in [5, 5.41) is 35.1. The van der Waals surface area contributed by atoms with Gasteiger partial charge >= 0.3 is 0 Å². The van der Waals surface area contributed by atoms with E-state index in [-0.39, 0.29) is 46.0 Å². The van der Waals surface area contributed by atoms with Gasteiger partial charge in [-0.15, -0.1) is 0 Å². The zero-order valence-electron chi connectivity index (χ0n) is 27.6. The fourth-order valence-electron chi connectivity index (χ4n) is 12.4. The Kier molecular flexibility index (Phi) is 8.19. The molecule has 0 aromatic rings. The average molecular weight is 561 g/mol. The number of aliphatic hydroxyl groups is 3. The Morgan fingerprint density at radius 3 is 2.20 bits per heavy atom. The zero-order valence-corrected chi connectivity index (χ0v) is 27.6. The normalized spacial score (nSPS) is 55.7. The third-order valence-electron chi connectivity index (χ3n) is 14.3. The summed E-state index contributed by atoms with van der Waals surface area (Å²) in [6, 6.07) is 0. The fourth-order valence-corrected chi connectivity index (χ4v) is 12.4. The van der Waals surface area contributed by atoms with Gasteiger partial charge in [0.05, 0.1) is 30.5 Å². The van der Waals surface area contributed by atoms with E-state index in [0.29, 0.717) is 41.3 Å².